The lowest BCUT2D eigenvalue weighted by atomic mass is 9.80. The fourth-order valence-corrected chi connectivity index (χ4v) is 5.76. The van der Waals surface area contributed by atoms with Gasteiger partial charge in [-0.15, -0.1) is 0 Å². The Morgan fingerprint density at radius 2 is 1.90 bits per heavy atom. The number of nitrogens with zero attached hydrogens (tertiary/aromatic N) is 3. The van der Waals surface area contributed by atoms with E-state index in [2.05, 4.69) is 15.5 Å². The molecule has 3 aliphatic rings. The first-order chi connectivity index (χ1) is 18.3. The van der Waals surface area contributed by atoms with Crippen molar-refractivity contribution in [2.75, 3.05) is 18.9 Å². The zero-order chi connectivity index (χ0) is 28.7. The molecule has 1 aliphatic carbocycles. The Hall–Kier alpha value is -3.41. The van der Waals surface area contributed by atoms with Crippen molar-refractivity contribution in [3.05, 3.63) is 41.2 Å². The van der Waals surface area contributed by atoms with E-state index in [4.69, 9.17) is 6.57 Å². The molecule has 4 amide bonds. The van der Waals surface area contributed by atoms with Crippen LogP contribution in [-0.4, -0.2) is 65.3 Å². The molecule has 0 radical (unpaired) electrons. The van der Waals surface area contributed by atoms with Gasteiger partial charge in [-0.1, -0.05) is 65.7 Å². The van der Waals surface area contributed by atoms with Crippen LogP contribution >= 0.6 is 0 Å². The van der Waals surface area contributed by atoms with Gasteiger partial charge in [-0.25, -0.2) is 6.57 Å². The summed E-state index contributed by atoms with van der Waals surface area (Å²) in [6.07, 6.45) is 2.37. The summed E-state index contributed by atoms with van der Waals surface area (Å²) < 4.78 is 0. The summed E-state index contributed by atoms with van der Waals surface area (Å²) in [6.45, 7) is 17.5. The van der Waals surface area contributed by atoms with Crippen LogP contribution in [0.2, 0.25) is 0 Å². The number of nitrogens with one attached hydrogen (secondary N) is 2. The van der Waals surface area contributed by atoms with Gasteiger partial charge in [-0.2, -0.15) is 0 Å². The van der Waals surface area contributed by atoms with Crippen LogP contribution in [0.15, 0.2) is 24.3 Å². The summed E-state index contributed by atoms with van der Waals surface area (Å²) in [5.74, 6) is -0.904. The Bertz CT molecular complexity index is 1190. The Labute approximate surface area is 231 Å². The molecule has 1 saturated heterocycles. The average Bonchev–Trinajstić information content (AvgIpc) is 3.54. The summed E-state index contributed by atoms with van der Waals surface area (Å²) in [5, 5.41) is 5.84. The van der Waals surface area contributed by atoms with E-state index in [1.807, 2.05) is 45.0 Å². The highest BCUT2D eigenvalue weighted by molar-refractivity contribution is 6.07. The second kappa shape index (κ2) is 10.6. The van der Waals surface area contributed by atoms with Crippen LogP contribution in [0.4, 0.5) is 5.69 Å². The predicted molar refractivity (Wildman–Crippen MR) is 148 cm³/mol. The molecule has 1 saturated carbocycles. The topological polar surface area (TPSA) is 103 Å². The van der Waals surface area contributed by atoms with Crippen LogP contribution in [0.3, 0.4) is 0 Å². The molecule has 9 heteroatoms. The van der Waals surface area contributed by atoms with Gasteiger partial charge in [-0.3, -0.25) is 28.9 Å². The monoisotopic (exact) mass is 535 g/mol. The molecule has 39 heavy (non-hydrogen) atoms. The number of rotatable bonds is 8. The molecule has 210 valence electrons. The molecule has 2 aliphatic heterocycles. The van der Waals surface area contributed by atoms with E-state index in [9.17, 15) is 19.2 Å². The number of fused-ring (bicyclic) bond motifs is 2. The average molecular weight is 536 g/mol. The van der Waals surface area contributed by atoms with E-state index in [1.54, 1.807) is 20.9 Å². The maximum atomic E-state index is 14.3. The Morgan fingerprint density at radius 1 is 1.23 bits per heavy atom. The van der Waals surface area contributed by atoms with E-state index in [0.717, 1.165) is 18.4 Å². The van der Waals surface area contributed by atoms with Crippen molar-refractivity contribution in [2.45, 2.75) is 90.4 Å². The fourth-order valence-electron chi connectivity index (χ4n) is 5.76. The smallest absolute Gasteiger partial charge is 0.302 e. The van der Waals surface area contributed by atoms with E-state index < -0.39 is 23.7 Å². The second-order valence-corrected chi connectivity index (χ2v) is 13.0. The highest BCUT2D eigenvalue weighted by atomic mass is 16.2. The highest BCUT2D eigenvalue weighted by Crippen LogP contribution is 2.47. The van der Waals surface area contributed by atoms with Crippen LogP contribution in [0.25, 0.3) is 4.85 Å². The van der Waals surface area contributed by atoms with E-state index in [-0.39, 0.29) is 47.9 Å². The summed E-state index contributed by atoms with van der Waals surface area (Å²) in [5.41, 5.74) is 0.222. The van der Waals surface area contributed by atoms with Crippen molar-refractivity contribution in [1.29, 1.82) is 0 Å². The molecule has 0 bridgehead atoms. The molecule has 1 aromatic rings. The van der Waals surface area contributed by atoms with Gasteiger partial charge in [0.2, 0.25) is 17.7 Å². The van der Waals surface area contributed by atoms with Crippen molar-refractivity contribution in [1.82, 2.24) is 15.1 Å². The van der Waals surface area contributed by atoms with Gasteiger partial charge in [0.15, 0.2) is 0 Å². The molecule has 9 nitrogen and oxygen atoms in total. The lowest BCUT2D eigenvalue weighted by molar-refractivity contribution is -0.148. The number of hydrogen-bond donors (Lipinski definition) is 2. The summed E-state index contributed by atoms with van der Waals surface area (Å²) in [7, 11) is 1.62. The van der Waals surface area contributed by atoms with Gasteiger partial charge in [0.1, 0.15) is 17.5 Å². The third-order valence-corrected chi connectivity index (χ3v) is 8.20. The maximum Gasteiger partial charge on any atom is 0.302 e. The number of likely N-dealkylation sites (N-methyl/N-ethyl adjacent to an activating group) is 1. The van der Waals surface area contributed by atoms with Gasteiger partial charge in [-0.05, 0) is 35.8 Å². The number of para-hydroxylation sites is 1. The van der Waals surface area contributed by atoms with Crippen LogP contribution in [0.1, 0.15) is 72.3 Å². The molecule has 1 aromatic carbocycles. The summed E-state index contributed by atoms with van der Waals surface area (Å²) in [6, 6.07) is 5.87. The number of anilines is 1. The number of benzene rings is 1. The molecule has 1 spiro atoms. The number of hydrogen-bond acceptors (Lipinski definition) is 4. The third-order valence-electron chi connectivity index (χ3n) is 8.20. The first kappa shape index (κ1) is 28.6. The molecule has 0 aromatic heterocycles. The number of likely N-dealkylation sites (tertiary alicyclic amines) is 1. The summed E-state index contributed by atoms with van der Waals surface area (Å²) >= 11 is 0. The van der Waals surface area contributed by atoms with Gasteiger partial charge >= 0.3 is 6.17 Å². The van der Waals surface area contributed by atoms with Crippen LogP contribution < -0.4 is 10.6 Å². The Balaban J connectivity index is 1.63. The third kappa shape index (κ3) is 5.80. The summed E-state index contributed by atoms with van der Waals surface area (Å²) in [4.78, 5) is 60.6. The minimum Gasteiger partial charge on any atom is -0.344 e. The van der Waals surface area contributed by atoms with Crippen molar-refractivity contribution >= 4 is 29.3 Å². The minimum absolute atomic E-state index is 0.0833. The molecular formula is C30H41N5O4. The molecular weight excluding hydrogens is 494 g/mol. The normalized spacial score (nSPS) is 23.7. The van der Waals surface area contributed by atoms with E-state index in [1.165, 1.54) is 9.80 Å². The molecule has 4 rings (SSSR count). The van der Waals surface area contributed by atoms with E-state index in [0.29, 0.717) is 24.4 Å². The van der Waals surface area contributed by atoms with Gasteiger partial charge in [0.25, 0.3) is 5.91 Å². The zero-order valence-electron chi connectivity index (χ0n) is 23.9. The molecule has 2 N–H and O–H groups in total. The number of carbonyl (C=O) groups is 4. The SMILES string of the molecule is [C-]#[N+][C@@H]1C[C@@]2(CN1C(=O)[C@H](CC(C)(C)C)N(C)C(=O)[C@H](CC1CC1)NC(=O)C(C)C)C(=O)Nc1ccccc12. The Kier molecular flexibility index (Phi) is 7.79. The number of amides is 4. The molecule has 2 fully saturated rings. The maximum absolute atomic E-state index is 14.3. The lowest BCUT2D eigenvalue weighted by Crippen LogP contribution is -2.57. The Morgan fingerprint density at radius 3 is 2.49 bits per heavy atom. The van der Waals surface area contributed by atoms with Gasteiger partial charge in [0.05, 0.1) is 6.42 Å². The van der Waals surface area contributed by atoms with Gasteiger partial charge < -0.3 is 15.5 Å². The van der Waals surface area contributed by atoms with Crippen LogP contribution in [0, 0.1) is 23.8 Å². The predicted octanol–water partition coefficient (Wildman–Crippen LogP) is 3.56. The first-order valence-electron chi connectivity index (χ1n) is 13.9. The number of carbonyl (C=O) groups excluding carboxylic acids is 4. The highest BCUT2D eigenvalue weighted by Gasteiger charge is 2.59. The minimum atomic E-state index is -0.990. The van der Waals surface area contributed by atoms with Crippen molar-refractivity contribution < 1.29 is 19.2 Å². The van der Waals surface area contributed by atoms with Crippen LogP contribution in [0.5, 0.6) is 0 Å². The van der Waals surface area contributed by atoms with Crippen molar-refractivity contribution in [2.24, 2.45) is 17.3 Å². The van der Waals surface area contributed by atoms with E-state index >= 15 is 0 Å². The van der Waals surface area contributed by atoms with Crippen molar-refractivity contribution in [3.63, 3.8) is 0 Å². The fraction of sp³-hybridized carbons (Fsp3) is 0.633. The second-order valence-electron chi connectivity index (χ2n) is 13.0. The van der Waals surface area contributed by atoms with Crippen molar-refractivity contribution in [3.8, 4) is 0 Å². The lowest BCUT2D eigenvalue weighted by Gasteiger charge is -2.36. The largest absolute Gasteiger partial charge is 0.344 e. The molecule has 4 atom stereocenters. The van der Waals surface area contributed by atoms with Gasteiger partial charge in [0, 0.05) is 25.2 Å². The van der Waals surface area contributed by atoms with Crippen LogP contribution in [-0.2, 0) is 24.6 Å². The standard InChI is InChI=1S/C30H41N5O4/c1-18(2)25(36)32-22(14-19-12-13-19)26(37)34(7)23(15-29(3,4)5)27(38)35-17-30(16-24(35)31-6)20-10-8-9-11-21(20)33-28(30)39/h8-11,18-19,22-24H,12-17H2,1-5,7H3,(H,32,36)(H,33,39)/t22-,23-,24-,30-/m0/s1. The quantitative estimate of drug-likeness (QED) is 0.497. The first-order valence-corrected chi connectivity index (χ1v) is 13.9. The molecule has 2 heterocycles. The molecule has 0 unspecified atom stereocenters. The zero-order valence-corrected chi connectivity index (χ0v) is 23.9.